The number of carbonyl (C=O) groups is 1. The van der Waals surface area contributed by atoms with E-state index in [1.54, 1.807) is 13.1 Å². The lowest BCUT2D eigenvalue weighted by Gasteiger charge is -2.14. The normalized spacial score (nSPS) is 11.5. The summed E-state index contributed by atoms with van der Waals surface area (Å²) in [6, 6.07) is 4.62. The summed E-state index contributed by atoms with van der Waals surface area (Å²) in [7, 11) is 1.78. The number of benzene rings is 1. The van der Waals surface area contributed by atoms with Gasteiger partial charge in [-0.15, -0.1) is 6.42 Å². The molecule has 2 N–H and O–H groups in total. The molecule has 19 heavy (non-hydrogen) atoms. The Hall–Kier alpha value is -2.06. The van der Waals surface area contributed by atoms with Crippen LogP contribution in [0, 0.1) is 18.2 Å². The van der Waals surface area contributed by atoms with E-state index in [1.807, 2.05) is 0 Å². The highest BCUT2D eigenvalue weighted by Gasteiger charge is 2.16. The first kappa shape index (κ1) is 15.0. The van der Waals surface area contributed by atoms with Crippen molar-refractivity contribution in [3.8, 4) is 18.1 Å². The van der Waals surface area contributed by atoms with E-state index in [0.29, 0.717) is 6.54 Å². The Morgan fingerprint density at radius 3 is 2.89 bits per heavy atom. The number of nitrogens with one attached hydrogen (secondary N) is 2. The van der Waals surface area contributed by atoms with Gasteiger partial charge in [-0.05, 0) is 31.7 Å². The van der Waals surface area contributed by atoms with Crippen LogP contribution in [0.2, 0.25) is 0 Å². The SMILES string of the molecule is C#CCNC(=O)C(C)Oc1ccc(CNC)cc1F. The van der Waals surface area contributed by atoms with Crippen LogP contribution in [0.15, 0.2) is 18.2 Å². The van der Waals surface area contributed by atoms with Gasteiger partial charge < -0.3 is 15.4 Å². The molecule has 0 heterocycles. The van der Waals surface area contributed by atoms with Crippen molar-refractivity contribution in [3.63, 3.8) is 0 Å². The zero-order valence-corrected chi connectivity index (χ0v) is 11.0. The van der Waals surface area contributed by atoms with Crippen molar-refractivity contribution in [2.24, 2.45) is 0 Å². The summed E-state index contributed by atoms with van der Waals surface area (Å²) in [5.41, 5.74) is 0.803. The van der Waals surface area contributed by atoms with Gasteiger partial charge in [0.25, 0.3) is 5.91 Å². The molecule has 0 radical (unpaired) electrons. The molecule has 1 amide bonds. The van der Waals surface area contributed by atoms with Gasteiger partial charge in [0.05, 0.1) is 6.54 Å². The Morgan fingerprint density at radius 2 is 2.32 bits per heavy atom. The maximum absolute atomic E-state index is 13.7. The van der Waals surface area contributed by atoms with E-state index >= 15 is 0 Å². The van der Waals surface area contributed by atoms with Crippen LogP contribution in [0.25, 0.3) is 0 Å². The third-order valence-electron chi connectivity index (χ3n) is 2.41. The fraction of sp³-hybridized carbons (Fsp3) is 0.357. The molecule has 1 rings (SSSR count). The van der Waals surface area contributed by atoms with E-state index in [-0.39, 0.29) is 18.2 Å². The molecule has 1 unspecified atom stereocenters. The van der Waals surface area contributed by atoms with Crippen molar-refractivity contribution >= 4 is 5.91 Å². The van der Waals surface area contributed by atoms with Crippen LogP contribution in [0.4, 0.5) is 4.39 Å². The second kappa shape index (κ2) is 7.39. The first-order valence-corrected chi connectivity index (χ1v) is 5.89. The lowest BCUT2D eigenvalue weighted by atomic mass is 10.2. The number of hydrogen-bond acceptors (Lipinski definition) is 3. The maximum atomic E-state index is 13.7. The van der Waals surface area contributed by atoms with Gasteiger partial charge in [0.2, 0.25) is 0 Å². The second-order valence-corrected chi connectivity index (χ2v) is 3.98. The Bertz CT molecular complexity index is 483. The van der Waals surface area contributed by atoms with Gasteiger partial charge in [0.15, 0.2) is 17.7 Å². The monoisotopic (exact) mass is 264 g/mol. The van der Waals surface area contributed by atoms with Crippen LogP contribution < -0.4 is 15.4 Å². The topological polar surface area (TPSA) is 50.4 Å². The summed E-state index contributed by atoms with van der Waals surface area (Å²) < 4.78 is 19.0. The quantitative estimate of drug-likeness (QED) is 0.755. The van der Waals surface area contributed by atoms with Crippen LogP contribution in [0.5, 0.6) is 5.75 Å². The van der Waals surface area contributed by atoms with Gasteiger partial charge in [0, 0.05) is 6.54 Å². The Balaban J connectivity index is 2.66. The fourth-order valence-corrected chi connectivity index (χ4v) is 1.48. The lowest BCUT2D eigenvalue weighted by molar-refractivity contribution is -0.127. The number of hydrogen-bond donors (Lipinski definition) is 2. The minimum Gasteiger partial charge on any atom is -0.478 e. The Morgan fingerprint density at radius 1 is 1.58 bits per heavy atom. The van der Waals surface area contributed by atoms with Crippen LogP contribution >= 0.6 is 0 Å². The molecule has 0 aliphatic heterocycles. The van der Waals surface area contributed by atoms with Crippen LogP contribution in [-0.4, -0.2) is 25.6 Å². The number of rotatable bonds is 6. The van der Waals surface area contributed by atoms with Crippen molar-refractivity contribution in [3.05, 3.63) is 29.6 Å². The third kappa shape index (κ3) is 4.60. The van der Waals surface area contributed by atoms with Crippen LogP contribution in [0.3, 0.4) is 0 Å². The zero-order chi connectivity index (χ0) is 14.3. The van der Waals surface area contributed by atoms with Crippen molar-refractivity contribution in [2.45, 2.75) is 19.6 Å². The zero-order valence-electron chi connectivity index (χ0n) is 11.0. The first-order chi connectivity index (χ1) is 9.08. The molecule has 0 saturated heterocycles. The molecular formula is C14H17FN2O2. The molecule has 1 aromatic carbocycles. The first-order valence-electron chi connectivity index (χ1n) is 5.89. The van der Waals surface area contributed by atoms with Gasteiger partial charge in [-0.1, -0.05) is 12.0 Å². The van der Waals surface area contributed by atoms with Gasteiger partial charge >= 0.3 is 0 Å². The smallest absolute Gasteiger partial charge is 0.261 e. The molecule has 1 atom stereocenters. The van der Waals surface area contributed by atoms with Gasteiger partial charge in [-0.2, -0.15) is 0 Å². The van der Waals surface area contributed by atoms with Crippen LogP contribution in [0.1, 0.15) is 12.5 Å². The molecule has 1 aromatic rings. The lowest BCUT2D eigenvalue weighted by Crippen LogP contribution is -2.36. The summed E-state index contributed by atoms with van der Waals surface area (Å²) in [5, 5.41) is 5.39. The standard InChI is InChI=1S/C14H17FN2O2/c1-4-7-17-14(18)10(2)19-13-6-5-11(9-16-3)8-12(13)15/h1,5-6,8,10,16H,7,9H2,2-3H3,(H,17,18). The predicted octanol–water partition coefficient (Wildman–Crippen LogP) is 1.06. The van der Waals surface area contributed by atoms with E-state index < -0.39 is 11.9 Å². The molecule has 0 saturated carbocycles. The molecule has 0 aliphatic rings. The average Bonchev–Trinajstić information content (AvgIpc) is 2.39. The second-order valence-electron chi connectivity index (χ2n) is 3.98. The molecule has 0 aliphatic carbocycles. The molecule has 102 valence electrons. The number of ether oxygens (including phenoxy) is 1. The molecular weight excluding hydrogens is 247 g/mol. The Labute approximate surface area is 112 Å². The highest BCUT2D eigenvalue weighted by Crippen LogP contribution is 2.19. The number of carbonyl (C=O) groups excluding carboxylic acids is 1. The fourth-order valence-electron chi connectivity index (χ4n) is 1.48. The van der Waals surface area contributed by atoms with Crippen molar-refractivity contribution in [2.75, 3.05) is 13.6 Å². The summed E-state index contributed by atoms with van der Waals surface area (Å²) in [5.74, 6) is 1.45. The van der Waals surface area contributed by atoms with Crippen molar-refractivity contribution in [1.29, 1.82) is 0 Å². The molecule has 0 spiro atoms. The van der Waals surface area contributed by atoms with E-state index in [2.05, 4.69) is 16.6 Å². The Kier molecular flexibility index (Phi) is 5.83. The van der Waals surface area contributed by atoms with Crippen molar-refractivity contribution < 1.29 is 13.9 Å². The third-order valence-corrected chi connectivity index (χ3v) is 2.41. The largest absolute Gasteiger partial charge is 0.478 e. The number of amides is 1. The van der Waals surface area contributed by atoms with Gasteiger partial charge in [-0.25, -0.2) is 4.39 Å². The highest BCUT2D eigenvalue weighted by molar-refractivity contribution is 5.80. The molecule has 5 heteroatoms. The summed E-state index contributed by atoms with van der Waals surface area (Å²) in [6.45, 7) is 2.22. The van der Waals surface area contributed by atoms with Gasteiger partial charge in [0.1, 0.15) is 0 Å². The number of terminal acetylenes is 1. The summed E-state index contributed by atoms with van der Waals surface area (Å²) in [4.78, 5) is 11.5. The van der Waals surface area contributed by atoms with Crippen molar-refractivity contribution in [1.82, 2.24) is 10.6 Å². The molecule has 0 fully saturated rings. The minimum absolute atomic E-state index is 0.0446. The van der Waals surface area contributed by atoms with E-state index in [9.17, 15) is 9.18 Å². The van der Waals surface area contributed by atoms with E-state index in [4.69, 9.17) is 11.2 Å². The molecule has 0 bridgehead atoms. The molecule has 0 aromatic heterocycles. The minimum atomic E-state index is -0.807. The summed E-state index contributed by atoms with van der Waals surface area (Å²) in [6.07, 6.45) is 4.22. The van der Waals surface area contributed by atoms with E-state index in [0.717, 1.165) is 5.56 Å². The van der Waals surface area contributed by atoms with Gasteiger partial charge in [-0.3, -0.25) is 4.79 Å². The highest BCUT2D eigenvalue weighted by atomic mass is 19.1. The number of halogens is 1. The molecule has 4 nitrogen and oxygen atoms in total. The predicted molar refractivity (Wildman–Crippen MR) is 71.1 cm³/mol. The summed E-state index contributed by atoms with van der Waals surface area (Å²) >= 11 is 0. The van der Waals surface area contributed by atoms with E-state index in [1.165, 1.54) is 19.1 Å². The maximum Gasteiger partial charge on any atom is 0.261 e. The average molecular weight is 264 g/mol. The van der Waals surface area contributed by atoms with Crippen LogP contribution in [-0.2, 0) is 11.3 Å².